The number of nitrogens with two attached hydrogens (primary N) is 1. The Bertz CT molecular complexity index is 6.00. The normalized spacial score (nSPS) is 1.75. The van der Waals surface area contributed by atoms with Crippen molar-refractivity contribution in [2.24, 2.45) is 4.37 Å². The third kappa shape index (κ3) is 10.7. The summed E-state index contributed by atoms with van der Waals surface area (Å²) in [6.45, 7) is 0. The van der Waals surface area contributed by atoms with Crippen molar-refractivity contribution in [2.45, 2.75) is 0 Å². The summed E-state index contributed by atoms with van der Waals surface area (Å²) in [6.07, 6.45) is 0. The molecule has 0 saturated heterocycles. The Labute approximate surface area is 48.8 Å². The number of hydrogen-bond acceptors (Lipinski definition) is 1. The Morgan fingerprint density at radius 3 is 1.00 bits per heavy atom. The van der Waals surface area contributed by atoms with Gasteiger partial charge < -0.3 is 0 Å². The van der Waals surface area contributed by atoms with Gasteiger partial charge in [0.1, 0.15) is 0 Å². The summed E-state index contributed by atoms with van der Waals surface area (Å²) >= 11 is 2.25. The Balaban J connectivity index is -0.00000000500. The quantitative estimate of drug-likeness (QED) is 0.551. The summed E-state index contributed by atoms with van der Waals surface area (Å²) in [7, 11) is 0. The van der Waals surface area contributed by atoms with E-state index in [1.54, 1.807) is 0 Å². The Morgan fingerprint density at radius 1 is 1.00 bits per heavy atom. The SMILES string of the molecule is Cl.Cl.[NH2][Pd]. The van der Waals surface area contributed by atoms with E-state index in [9.17, 15) is 0 Å². The molecular weight excluding hydrogens is 191 g/mol. The molecule has 0 aliphatic carbocycles. The Morgan fingerprint density at radius 2 is 1.00 bits per heavy atom. The first kappa shape index (κ1) is 18.9. The van der Waals surface area contributed by atoms with Gasteiger partial charge in [0.05, 0.1) is 0 Å². The summed E-state index contributed by atoms with van der Waals surface area (Å²) in [4.78, 5) is 0. The van der Waals surface area contributed by atoms with Crippen LogP contribution in [-0.2, 0) is 19.4 Å². The van der Waals surface area contributed by atoms with Gasteiger partial charge in [0.2, 0.25) is 0 Å². The summed E-state index contributed by atoms with van der Waals surface area (Å²) in [5.41, 5.74) is 0. The first-order valence-electron chi connectivity index (χ1n) is 0.183. The van der Waals surface area contributed by atoms with Gasteiger partial charge in [-0.2, -0.15) is 0 Å². The minimum atomic E-state index is 0. The Kier molecular flexibility index (Phi) is 141. The van der Waals surface area contributed by atoms with Gasteiger partial charge in [0, 0.05) is 0 Å². The van der Waals surface area contributed by atoms with Crippen molar-refractivity contribution in [1.82, 2.24) is 0 Å². The fourth-order valence-electron chi connectivity index (χ4n) is 0. The monoisotopic (exact) mass is 194 g/mol. The zero-order valence-electron chi connectivity index (χ0n) is 1.71. The standard InChI is InChI=1S/2ClH.H2N.Pd/h2*1H;1H2;/q;;-1;+1. The molecule has 0 amide bonds. The van der Waals surface area contributed by atoms with Crippen molar-refractivity contribution < 1.29 is 19.4 Å². The zero-order chi connectivity index (χ0) is 2.00. The van der Waals surface area contributed by atoms with Crippen LogP contribution in [0.1, 0.15) is 0 Å². The zero-order valence-corrected chi connectivity index (χ0v) is 4.90. The van der Waals surface area contributed by atoms with E-state index in [1.807, 2.05) is 0 Å². The van der Waals surface area contributed by atoms with Gasteiger partial charge >= 0.3 is 23.8 Å². The van der Waals surface area contributed by atoms with Crippen molar-refractivity contribution >= 4 is 24.8 Å². The molecule has 1 nitrogen and oxygen atoms in total. The van der Waals surface area contributed by atoms with Gasteiger partial charge in [-0.25, -0.2) is 0 Å². The van der Waals surface area contributed by atoms with Crippen LogP contribution < -0.4 is 4.37 Å². The van der Waals surface area contributed by atoms with Gasteiger partial charge in [0.25, 0.3) is 0 Å². The predicted molar refractivity (Wildman–Crippen MR) is 18.7 cm³/mol. The predicted octanol–water partition coefficient (Wildman–Crippen LogP) is 0.251. The molecule has 0 fully saturated rings. The molecule has 0 saturated carbocycles. The molecule has 4 heteroatoms. The van der Waals surface area contributed by atoms with Gasteiger partial charge in [-0.15, -0.1) is 24.8 Å². The molecule has 4 heavy (non-hydrogen) atoms. The second-order valence-corrected chi connectivity index (χ2v) is 0. The van der Waals surface area contributed by atoms with Crippen LogP contribution in [0.15, 0.2) is 0 Å². The second kappa shape index (κ2) is 29.8. The average Bonchev–Trinajstić information content (AvgIpc) is 1.00. The van der Waals surface area contributed by atoms with E-state index in [1.165, 1.54) is 0 Å². The van der Waals surface area contributed by atoms with E-state index in [0.717, 1.165) is 0 Å². The molecule has 0 aromatic rings. The van der Waals surface area contributed by atoms with Crippen molar-refractivity contribution in [2.75, 3.05) is 0 Å². The summed E-state index contributed by atoms with van der Waals surface area (Å²) < 4.78 is 4.35. The minimum absolute atomic E-state index is 0. The molecule has 0 spiro atoms. The van der Waals surface area contributed by atoms with Crippen molar-refractivity contribution in [3.8, 4) is 0 Å². The summed E-state index contributed by atoms with van der Waals surface area (Å²) in [5, 5.41) is 0. The molecular formula is H4Cl2NPd. The molecule has 0 aliphatic rings. The van der Waals surface area contributed by atoms with E-state index in [-0.39, 0.29) is 24.8 Å². The Hall–Kier alpha value is 1.20. The first-order valence-corrected chi connectivity index (χ1v) is 1.08. The first-order chi connectivity index (χ1) is 1.00. The van der Waals surface area contributed by atoms with Crippen LogP contribution in [0.2, 0.25) is 0 Å². The fraction of sp³-hybridized carbons (Fsp3) is 0. The van der Waals surface area contributed by atoms with E-state index in [2.05, 4.69) is 23.8 Å². The van der Waals surface area contributed by atoms with Gasteiger partial charge in [0.15, 0.2) is 0 Å². The van der Waals surface area contributed by atoms with E-state index >= 15 is 0 Å². The summed E-state index contributed by atoms with van der Waals surface area (Å²) in [6, 6.07) is 0. The molecule has 0 radical (unpaired) electrons. The number of halogens is 2. The molecule has 0 heterocycles. The average molecular weight is 195 g/mol. The molecule has 0 rings (SSSR count). The van der Waals surface area contributed by atoms with Crippen LogP contribution in [0.4, 0.5) is 0 Å². The van der Waals surface area contributed by atoms with Crippen molar-refractivity contribution in [3.05, 3.63) is 0 Å². The maximum atomic E-state index is 4.35. The number of hydrogen-bond donors (Lipinski definition) is 1. The third-order valence-corrected chi connectivity index (χ3v) is 0. The maximum absolute atomic E-state index is 4.35. The second-order valence-electron chi connectivity index (χ2n) is 0. The van der Waals surface area contributed by atoms with Crippen LogP contribution >= 0.6 is 24.8 Å². The van der Waals surface area contributed by atoms with Crippen LogP contribution in [0.25, 0.3) is 0 Å². The van der Waals surface area contributed by atoms with Gasteiger partial charge in [-0.1, -0.05) is 0 Å². The molecule has 2 N–H and O–H groups in total. The van der Waals surface area contributed by atoms with E-state index in [0.29, 0.717) is 0 Å². The molecule has 0 unspecified atom stereocenters. The van der Waals surface area contributed by atoms with Crippen LogP contribution in [0, 0.1) is 0 Å². The molecule has 0 bridgehead atoms. The fourth-order valence-corrected chi connectivity index (χ4v) is 0. The van der Waals surface area contributed by atoms with Crippen molar-refractivity contribution in [1.29, 1.82) is 0 Å². The van der Waals surface area contributed by atoms with Crippen LogP contribution in [0.5, 0.6) is 0 Å². The summed E-state index contributed by atoms with van der Waals surface area (Å²) in [5.74, 6) is 0. The van der Waals surface area contributed by atoms with Crippen molar-refractivity contribution in [3.63, 3.8) is 0 Å². The van der Waals surface area contributed by atoms with Gasteiger partial charge in [-0.3, -0.25) is 0 Å². The number of rotatable bonds is 0. The molecule has 0 aliphatic heterocycles. The molecule has 0 aromatic heterocycles. The molecule has 0 aromatic carbocycles. The topological polar surface area (TPSA) is 26.0 Å². The molecule has 33 valence electrons. The third-order valence-electron chi connectivity index (χ3n) is 0. The van der Waals surface area contributed by atoms with E-state index < -0.39 is 0 Å². The van der Waals surface area contributed by atoms with Gasteiger partial charge in [-0.05, 0) is 0 Å². The van der Waals surface area contributed by atoms with Crippen LogP contribution in [0.3, 0.4) is 0 Å². The molecule has 0 atom stereocenters. The van der Waals surface area contributed by atoms with Crippen LogP contribution in [-0.4, -0.2) is 0 Å². The van der Waals surface area contributed by atoms with E-state index in [4.69, 9.17) is 0 Å².